The summed E-state index contributed by atoms with van der Waals surface area (Å²) < 4.78 is 18.0. The third-order valence-electron chi connectivity index (χ3n) is 2.67. The highest BCUT2D eigenvalue weighted by atomic mass is 32.2. The van der Waals surface area contributed by atoms with Crippen molar-refractivity contribution < 1.29 is 18.7 Å². The number of carbonyl (C=O) groups is 2. The van der Waals surface area contributed by atoms with E-state index in [1.54, 1.807) is 19.1 Å². The molecule has 0 unspecified atom stereocenters. The van der Waals surface area contributed by atoms with E-state index in [0.717, 1.165) is 0 Å². The molecule has 1 saturated heterocycles. The van der Waals surface area contributed by atoms with Crippen LogP contribution in [0.5, 0.6) is 0 Å². The quantitative estimate of drug-likeness (QED) is 0.631. The van der Waals surface area contributed by atoms with E-state index < -0.39 is 5.97 Å². The minimum absolute atomic E-state index is 0.102. The summed E-state index contributed by atoms with van der Waals surface area (Å²) >= 11 is 1.28. The van der Waals surface area contributed by atoms with E-state index in [0.29, 0.717) is 10.6 Å². The Morgan fingerprint density at radius 3 is 3.05 bits per heavy atom. The van der Waals surface area contributed by atoms with E-state index >= 15 is 0 Å². The molecule has 1 aliphatic heterocycles. The number of halogens is 1. The molecule has 1 aliphatic rings. The Kier molecular flexibility index (Phi) is 4.79. The Morgan fingerprint density at radius 1 is 1.55 bits per heavy atom. The van der Waals surface area contributed by atoms with Crippen LogP contribution in [-0.2, 0) is 20.9 Å². The van der Waals surface area contributed by atoms with Crippen LogP contribution in [0, 0.1) is 5.82 Å². The first-order valence-electron chi connectivity index (χ1n) is 6.16. The Labute approximate surface area is 120 Å². The predicted molar refractivity (Wildman–Crippen MR) is 74.1 cm³/mol. The van der Waals surface area contributed by atoms with Gasteiger partial charge in [-0.3, -0.25) is 4.79 Å². The molecule has 6 heteroatoms. The zero-order valence-electron chi connectivity index (χ0n) is 11.0. The van der Waals surface area contributed by atoms with Gasteiger partial charge in [0.05, 0.1) is 30.0 Å². The molecule has 1 amide bonds. The van der Waals surface area contributed by atoms with Crippen LogP contribution in [0.2, 0.25) is 0 Å². The fraction of sp³-hybridized carbons (Fsp3) is 0.286. The van der Waals surface area contributed by atoms with Crippen LogP contribution in [0.25, 0.3) is 0 Å². The number of amides is 1. The summed E-state index contributed by atoms with van der Waals surface area (Å²) in [5.74, 6) is -0.651. The lowest BCUT2D eigenvalue weighted by Crippen LogP contribution is -2.24. The van der Waals surface area contributed by atoms with Gasteiger partial charge in [0, 0.05) is 0 Å². The summed E-state index contributed by atoms with van der Waals surface area (Å²) in [6.45, 7) is 2.24. The highest BCUT2D eigenvalue weighted by molar-refractivity contribution is 8.04. The van der Waals surface area contributed by atoms with Gasteiger partial charge in [-0.2, -0.15) is 0 Å². The summed E-state index contributed by atoms with van der Waals surface area (Å²) in [6, 6.07) is 6.05. The van der Waals surface area contributed by atoms with Crippen molar-refractivity contribution in [3.05, 3.63) is 46.8 Å². The molecule has 2 rings (SSSR count). The van der Waals surface area contributed by atoms with Crippen LogP contribution in [0.1, 0.15) is 12.5 Å². The van der Waals surface area contributed by atoms with Crippen molar-refractivity contribution in [2.24, 2.45) is 0 Å². The first-order chi connectivity index (χ1) is 9.60. The number of hydrogen-bond acceptors (Lipinski definition) is 4. The normalized spacial score (nSPS) is 16.8. The van der Waals surface area contributed by atoms with Gasteiger partial charge in [-0.1, -0.05) is 23.9 Å². The molecule has 4 nitrogen and oxygen atoms in total. The number of ether oxygens (including phenoxy) is 1. The van der Waals surface area contributed by atoms with E-state index in [1.807, 2.05) is 0 Å². The molecule has 1 heterocycles. The van der Waals surface area contributed by atoms with Crippen LogP contribution in [0.4, 0.5) is 4.39 Å². The molecule has 0 atom stereocenters. The zero-order chi connectivity index (χ0) is 14.5. The summed E-state index contributed by atoms with van der Waals surface area (Å²) in [4.78, 5) is 24.7. The van der Waals surface area contributed by atoms with Crippen molar-refractivity contribution in [3.63, 3.8) is 0 Å². The molecule has 0 aliphatic carbocycles. The number of benzene rings is 1. The van der Waals surface area contributed by atoms with Gasteiger partial charge in [-0.05, 0) is 24.6 Å². The highest BCUT2D eigenvalue weighted by Gasteiger charge is 2.27. The Bertz CT molecular complexity index is 559. The fourth-order valence-corrected chi connectivity index (χ4v) is 2.73. The molecule has 20 heavy (non-hydrogen) atoms. The minimum Gasteiger partial charge on any atom is -0.463 e. The lowest BCUT2D eigenvalue weighted by Gasteiger charge is -2.17. The van der Waals surface area contributed by atoms with Crippen LogP contribution in [0.3, 0.4) is 0 Å². The Hall–Kier alpha value is -1.82. The number of esters is 1. The van der Waals surface area contributed by atoms with Crippen molar-refractivity contribution in [3.8, 4) is 0 Å². The molecular weight excluding hydrogens is 281 g/mol. The van der Waals surface area contributed by atoms with Crippen LogP contribution in [0.15, 0.2) is 35.4 Å². The number of nitrogens with zero attached hydrogens (tertiary/aromatic N) is 1. The Balaban J connectivity index is 2.15. The van der Waals surface area contributed by atoms with Crippen LogP contribution < -0.4 is 0 Å². The molecule has 0 N–H and O–H groups in total. The standard InChI is InChI=1S/C14H14FNO3S/c1-2-19-14(18)7-13-16(12(17)9-20-13)8-10-4-3-5-11(15)6-10/h3-7H,2,8-9H2,1H3/b13-7-. The summed E-state index contributed by atoms with van der Waals surface area (Å²) in [5, 5.41) is 0.540. The third-order valence-corrected chi connectivity index (χ3v) is 3.69. The monoisotopic (exact) mass is 295 g/mol. The maximum absolute atomic E-state index is 13.1. The molecule has 1 aromatic carbocycles. The van der Waals surface area contributed by atoms with Crippen molar-refractivity contribution >= 4 is 23.6 Å². The number of carbonyl (C=O) groups excluding carboxylic acids is 2. The van der Waals surface area contributed by atoms with Crippen LogP contribution in [-0.4, -0.2) is 29.1 Å². The minimum atomic E-state index is -0.478. The predicted octanol–water partition coefficient (Wildman–Crippen LogP) is 2.31. The van der Waals surface area contributed by atoms with Gasteiger partial charge in [0.1, 0.15) is 5.82 Å². The molecule has 1 fully saturated rings. The average Bonchev–Trinajstić information content (AvgIpc) is 2.72. The molecule has 0 aromatic heterocycles. The van der Waals surface area contributed by atoms with Gasteiger partial charge in [0.2, 0.25) is 5.91 Å². The van der Waals surface area contributed by atoms with Gasteiger partial charge in [0.15, 0.2) is 0 Å². The maximum atomic E-state index is 13.1. The maximum Gasteiger partial charge on any atom is 0.333 e. The summed E-state index contributed by atoms with van der Waals surface area (Å²) in [6.07, 6.45) is 1.30. The summed E-state index contributed by atoms with van der Waals surface area (Å²) in [7, 11) is 0. The molecule has 1 aromatic rings. The second-order valence-electron chi connectivity index (χ2n) is 4.13. The average molecular weight is 295 g/mol. The van der Waals surface area contributed by atoms with E-state index in [9.17, 15) is 14.0 Å². The second kappa shape index (κ2) is 6.56. The largest absolute Gasteiger partial charge is 0.463 e. The van der Waals surface area contributed by atoms with Crippen molar-refractivity contribution in [1.82, 2.24) is 4.90 Å². The molecule has 0 bridgehead atoms. The van der Waals surface area contributed by atoms with Gasteiger partial charge < -0.3 is 9.64 Å². The summed E-state index contributed by atoms with van der Waals surface area (Å²) in [5.41, 5.74) is 0.676. The van der Waals surface area contributed by atoms with Gasteiger partial charge in [-0.25, -0.2) is 9.18 Å². The third kappa shape index (κ3) is 3.60. The topological polar surface area (TPSA) is 46.6 Å². The van der Waals surface area contributed by atoms with Gasteiger partial charge in [0.25, 0.3) is 0 Å². The second-order valence-corrected chi connectivity index (χ2v) is 5.13. The number of rotatable bonds is 4. The molecule has 0 spiro atoms. The lowest BCUT2D eigenvalue weighted by atomic mass is 10.2. The first kappa shape index (κ1) is 14.6. The lowest BCUT2D eigenvalue weighted by molar-refractivity contribution is -0.137. The SMILES string of the molecule is CCOC(=O)/C=C1\SCC(=O)N1Cc1cccc(F)c1. The smallest absolute Gasteiger partial charge is 0.333 e. The molecule has 0 saturated carbocycles. The Morgan fingerprint density at radius 2 is 2.35 bits per heavy atom. The zero-order valence-corrected chi connectivity index (χ0v) is 11.8. The van der Waals surface area contributed by atoms with Gasteiger partial charge in [-0.15, -0.1) is 0 Å². The van der Waals surface area contributed by atoms with Gasteiger partial charge >= 0.3 is 5.97 Å². The van der Waals surface area contributed by atoms with Crippen molar-refractivity contribution in [2.75, 3.05) is 12.4 Å². The van der Waals surface area contributed by atoms with Crippen molar-refractivity contribution in [2.45, 2.75) is 13.5 Å². The first-order valence-corrected chi connectivity index (χ1v) is 7.14. The van der Waals surface area contributed by atoms with Crippen LogP contribution >= 0.6 is 11.8 Å². The van der Waals surface area contributed by atoms with E-state index in [4.69, 9.17) is 4.74 Å². The number of thioether (sulfide) groups is 1. The van der Waals surface area contributed by atoms with E-state index in [1.165, 1.54) is 34.9 Å². The highest BCUT2D eigenvalue weighted by Crippen LogP contribution is 2.30. The molecule has 0 radical (unpaired) electrons. The number of hydrogen-bond donors (Lipinski definition) is 0. The van der Waals surface area contributed by atoms with Crippen molar-refractivity contribution in [1.29, 1.82) is 0 Å². The molecule has 106 valence electrons. The molecular formula is C14H14FNO3S. The fourth-order valence-electron chi connectivity index (χ4n) is 1.80. The van der Waals surface area contributed by atoms with E-state index in [-0.39, 0.29) is 30.6 Å². The van der Waals surface area contributed by atoms with E-state index in [2.05, 4.69) is 0 Å².